The fraction of sp³-hybridized carbons (Fsp3) is 0.750. The average Bonchev–Trinajstić information content (AvgIpc) is 3.13. The highest BCUT2D eigenvalue weighted by atomic mass is 32.2. The van der Waals surface area contributed by atoms with E-state index in [1.165, 1.54) is 11.8 Å². The number of thioether (sulfide) groups is 1. The van der Waals surface area contributed by atoms with Crippen molar-refractivity contribution in [1.82, 2.24) is 15.5 Å². The van der Waals surface area contributed by atoms with Gasteiger partial charge in [0.1, 0.15) is 5.54 Å². The molecule has 6 nitrogen and oxygen atoms in total. The fourth-order valence-electron chi connectivity index (χ4n) is 2.06. The Hall–Kier alpha value is -1.08. The third kappa shape index (κ3) is 3.27. The quantitative estimate of drug-likeness (QED) is 0.703. The first-order valence-electron chi connectivity index (χ1n) is 6.50. The standard InChI is InChI=1S/C12H19N3O3S/c1-3-6-13-12(10(16)17,9-4-5-9)7-19-11-15-14-8(2)18-11/h9,13H,3-7H2,1-2H3,(H,16,17). The minimum Gasteiger partial charge on any atom is -0.480 e. The summed E-state index contributed by atoms with van der Waals surface area (Å²) in [5.41, 5.74) is -0.872. The van der Waals surface area contributed by atoms with Gasteiger partial charge in [-0.3, -0.25) is 4.79 Å². The van der Waals surface area contributed by atoms with Crippen molar-refractivity contribution in [2.75, 3.05) is 12.3 Å². The number of aromatic nitrogens is 2. The Bertz CT molecular complexity index is 447. The van der Waals surface area contributed by atoms with E-state index in [4.69, 9.17) is 4.42 Å². The molecule has 2 N–H and O–H groups in total. The Kier molecular flexibility index (Phi) is 4.46. The highest BCUT2D eigenvalue weighted by Gasteiger charge is 2.51. The first-order valence-corrected chi connectivity index (χ1v) is 7.48. The van der Waals surface area contributed by atoms with Gasteiger partial charge in [-0.05, 0) is 31.7 Å². The largest absolute Gasteiger partial charge is 0.480 e. The maximum atomic E-state index is 11.7. The van der Waals surface area contributed by atoms with Crippen LogP contribution in [0.4, 0.5) is 0 Å². The maximum Gasteiger partial charge on any atom is 0.325 e. The molecule has 1 aromatic rings. The van der Waals surface area contributed by atoms with Gasteiger partial charge in [0, 0.05) is 12.7 Å². The van der Waals surface area contributed by atoms with E-state index in [1.54, 1.807) is 6.92 Å². The normalized spacial score (nSPS) is 18.2. The van der Waals surface area contributed by atoms with Gasteiger partial charge in [-0.15, -0.1) is 10.2 Å². The minimum atomic E-state index is -0.872. The molecule has 0 amide bonds. The average molecular weight is 285 g/mol. The molecular formula is C12H19N3O3S. The molecule has 1 aliphatic carbocycles. The number of nitrogens with zero attached hydrogens (tertiary/aromatic N) is 2. The number of carbonyl (C=O) groups is 1. The SMILES string of the molecule is CCCNC(CSc1nnc(C)o1)(C(=O)O)C1CC1. The summed E-state index contributed by atoms with van der Waals surface area (Å²) in [5.74, 6) is 0.325. The predicted molar refractivity (Wildman–Crippen MR) is 71.1 cm³/mol. The van der Waals surface area contributed by atoms with E-state index < -0.39 is 11.5 Å². The van der Waals surface area contributed by atoms with Crippen molar-refractivity contribution in [2.24, 2.45) is 5.92 Å². The van der Waals surface area contributed by atoms with E-state index in [2.05, 4.69) is 15.5 Å². The molecule has 0 aromatic carbocycles. The molecule has 106 valence electrons. The lowest BCUT2D eigenvalue weighted by Crippen LogP contribution is -2.56. The Morgan fingerprint density at radius 3 is 2.79 bits per heavy atom. The Morgan fingerprint density at radius 1 is 1.58 bits per heavy atom. The van der Waals surface area contributed by atoms with Gasteiger partial charge in [-0.25, -0.2) is 0 Å². The number of aryl methyl sites for hydroxylation is 1. The molecule has 1 unspecified atom stereocenters. The van der Waals surface area contributed by atoms with Crippen LogP contribution < -0.4 is 5.32 Å². The number of hydrogen-bond donors (Lipinski definition) is 2. The predicted octanol–water partition coefficient (Wildman–Crippen LogP) is 1.70. The molecule has 7 heteroatoms. The van der Waals surface area contributed by atoms with Crippen LogP contribution >= 0.6 is 11.8 Å². The zero-order valence-corrected chi connectivity index (χ0v) is 12.0. The lowest BCUT2D eigenvalue weighted by atomic mass is 9.95. The van der Waals surface area contributed by atoms with Crippen molar-refractivity contribution in [3.05, 3.63) is 5.89 Å². The molecule has 1 aromatic heterocycles. The molecule has 1 aliphatic rings. The molecule has 0 saturated heterocycles. The highest BCUT2D eigenvalue weighted by molar-refractivity contribution is 7.99. The van der Waals surface area contributed by atoms with Crippen LogP contribution in [-0.4, -0.2) is 39.1 Å². The highest BCUT2D eigenvalue weighted by Crippen LogP contribution is 2.42. The van der Waals surface area contributed by atoms with Crippen LogP contribution in [0.1, 0.15) is 32.1 Å². The van der Waals surface area contributed by atoms with Crippen LogP contribution in [-0.2, 0) is 4.79 Å². The second-order valence-electron chi connectivity index (χ2n) is 4.85. The Morgan fingerprint density at radius 2 is 2.32 bits per heavy atom. The van der Waals surface area contributed by atoms with Crippen molar-refractivity contribution in [3.63, 3.8) is 0 Å². The van der Waals surface area contributed by atoms with Crippen molar-refractivity contribution in [1.29, 1.82) is 0 Å². The lowest BCUT2D eigenvalue weighted by molar-refractivity contribution is -0.144. The van der Waals surface area contributed by atoms with Crippen LogP contribution in [0.3, 0.4) is 0 Å². The van der Waals surface area contributed by atoms with Gasteiger partial charge in [-0.2, -0.15) is 0 Å². The molecule has 1 fully saturated rings. The van der Waals surface area contributed by atoms with E-state index in [0.29, 0.717) is 23.4 Å². The van der Waals surface area contributed by atoms with E-state index in [0.717, 1.165) is 19.3 Å². The zero-order valence-electron chi connectivity index (χ0n) is 11.2. The smallest absolute Gasteiger partial charge is 0.325 e. The van der Waals surface area contributed by atoms with Crippen LogP contribution in [0, 0.1) is 12.8 Å². The summed E-state index contributed by atoms with van der Waals surface area (Å²) < 4.78 is 5.28. The van der Waals surface area contributed by atoms with Crippen LogP contribution in [0.25, 0.3) is 0 Å². The van der Waals surface area contributed by atoms with Crippen molar-refractivity contribution < 1.29 is 14.3 Å². The number of carboxylic acids is 1. The molecule has 0 radical (unpaired) electrons. The summed E-state index contributed by atoms with van der Waals surface area (Å²) in [6, 6.07) is 0. The first kappa shape index (κ1) is 14.3. The summed E-state index contributed by atoms with van der Waals surface area (Å²) in [6.07, 6.45) is 2.84. The minimum absolute atomic E-state index is 0.202. The molecule has 19 heavy (non-hydrogen) atoms. The molecule has 1 atom stereocenters. The van der Waals surface area contributed by atoms with Gasteiger partial charge in [-0.1, -0.05) is 18.7 Å². The van der Waals surface area contributed by atoms with Gasteiger partial charge >= 0.3 is 5.97 Å². The third-order valence-corrected chi connectivity index (χ3v) is 4.29. The van der Waals surface area contributed by atoms with Gasteiger partial charge in [0.2, 0.25) is 5.89 Å². The second kappa shape index (κ2) is 5.92. The summed E-state index contributed by atoms with van der Waals surface area (Å²) in [6.45, 7) is 4.45. The molecule has 1 saturated carbocycles. The lowest BCUT2D eigenvalue weighted by Gasteiger charge is -2.30. The monoisotopic (exact) mass is 285 g/mol. The second-order valence-corrected chi connectivity index (χ2v) is 5.78. The van der Waals surface area contributed by atoms with E-state index in [-0.39, 0.29) is 5.92 Å². The van der Waals surface area contributed by atoms with Gasteiger partial charge in [0.15, 0.2) is 0 Å². The van der Waals surface area contributed by atoms with Gasteiger partial charge in [0.05, 0.1) is 0 Å². The molecule has 1 heterocycles. The van der Waals surface area contributed by atoms with Crippen LogP contribution in [0.15, 0.2) is 9.64 Å². The van der Waals surface area contributed by atoms with E-state index in [9.17, 15) is 9.90 Å². The van der Waals surface area contributed by atoms with Crippen molar-refractivity contribution in [2.45, 2.75) is 43.9 Å². The van der Waals surface area contributed by atoms with Crippen molar-refractivity contribution >= 4 is 17.7 Å². The van der Waals surface area contributed by atoms with Crippen LogP contribution in [0.2, 0.25) is 0 Å². The summed E-state index contributed by atoms with van der Waals surface area (Å²) in [7, 11) is 0. The molecular weight excluding hydrogens is 266 g/mol. The fourth-order valence-corrected chi connectivity index (χ4v) is 3.15. The maximum absolute atomic E-state index is 11.7. The molecule has 0 spiro atoms. The summed E-state index contributed by atoms with van der Waals surface area (Å²) >= 11 is 1.31. The van der Waals surface area contributed by atoms with Crippen molar-refractivity contribution in [3.8, 4) is 0 Å². The van der Waals surface area contributed by atoms with Gasteiger partial charge in [0.25, 0.3) is 5.22 Å². The van der Waals surface area contributed by atoms with E-state index >= 15 is 0 Å². The number of hydrogen-bond acceptors (Lipinski definition) is 6. The van der Waals surface area contributed by atoms with Gasteiger partial charge < -0.3 is 14.8 Å². The molecule has 0 aliphatic heterocycles. The number of rotatable bonds is 8. The Balaban J connectivity index is 2.05. The number of nitrogens with one attached hydrogen (secondary N) is 1. The topological polar surface area (TPSA) is 88.3 Å². The first-order chi connectivity index (χ1) is 9.08. The number of aliphatic carboxylic acids is 1. The zero-order chi connectivity index (χ0) is 13.9. The molecule has 2 rings (SSSR count). The summed E-state index contributed by atoms with van der Waals surface area (Å²) in [5, 5.41) is 20.9. The number of carboxylic acid groups (broad SMARTS) is 1. The third-order valence-electron chi connectivity index (χ3n) is 3.28. The molecule has 0 bridgehead atoms. The Labute approximate surface area is 116 Å². The van der Waals surface area contributed by atoms with E-state index in [1.807, 2.05) is 6.92 Å². The van der Waals surface area contributed by atoms with Crippen LogP contribution in [0.5, 0.6) is 0 Å². The summed E-state index contributed by atoms with van der Waals surface area (Å²) in [4.78, 5) is 11.7.